The van der Waals surface area contributed by atoms with Gasteiger partial charge in [-0.15, -0.1) is 0 Å². The largest absolute Gasteiger partial charge is 0.442 e. The summed E-state index contributed by atoms with van der Waals surface area (Å²) in [6, 6.07) is 0.431. The molecule has 1 amide bonds. The molecule has 1 aliphatic rings. The number of aryl methyl sites for hydroxylation is 1. The molecule has 2 aromatic heterocycles. The van der Waals surface area contributed by atoms with Crippen LogP contribution in [0.2, 0.25) is 0 Å². The normalized spacial score (nSPS) is 22.7. The standard InChI is InChI=1S/C14H18N4O3/c1-7-4-18(5-8(2)17-7)14(20)10-9(3)21-13-11(10)12(19)15-6-16-13/h6-8,17H,4-5H2,1-3H3,(H,15,16,19)/t7-,8+. The Bertz CT molecular complexity index is 738. The highest BCUT2D eigenvalue weighted by Gasteiger charge is 2.30. The number of fused-ring (bicyclic) bond motifs is 1. The molecule has 0 aliphatic carbocycles. The zero-order valence-corrected chi connectivity index (χ0v) is 12.3. The van der Waals surface area contributed by atoms with E-state index in [9.17, 15) is 9.59 Å². The summed E-state index contributed by atoms with van der Waals surface area (Å²) in [5.41, 5.74) is 0.174. The van der Waals surface area contributed by atoms with Gasteiger partial charge in [-0.1, -0.05) is 0 Å². The van der Waals surface area contributed by atoms with Crippen molar-refractivity contribution >= 4 is 17.0 Å². The molecule has 2 N–H and O–H groups in total. The minimum Gasteiger partial charge on any atom is -0.442 e. The third-order valence-corrected chi connectivity index (χ3v) is 3.73. The second-order valence-electron chi connectivity index (χ2n) is 5.62. The molecule has 0 aromatic carbocycles. The quantitative estimate of drug-likeness (QED) is 0.804. The van der Waals surface area contributed by atoms with Crippen LogP contribution in [0.4, 0.5) is 0 Å². The van der Waals surface area contributed by atoms with Crippen molar-refractivity contribution in [1.82, 2.24) is 20.2 Å². The lowest BCUT2D eigenvalue weighted by Crippen LogP contribution is -2.55. The van der Waals surface area contributed by atoms with Gasteiger partial charge in [0, 0.05) is 25.2 Å². The van der Waals surface area contributed by atoms with Gasteiger partial charge in [-0.05, 0) is 20.8 Å². The highest BCUT2D eigenvalue weighted by Crippen LogP contribution is 2.23. The van der Waals surface area contributed by atoms with Crippen molar-refractivity contribution < 1.29 is 9.21 Å². The molecule has 1 fully saturated rings. The van der Waals surface area contributed by atoms with Gasteiger partial charge in [-0.25, -0.2) is 4.98 Å². The summed E-state index contributed by atoms with van der Waals surface area (Å²) in [5, 5.41) is 3.61. The smallest absolute Gasteiger partial charge is 0.262 e. The highest BCUT2D eigenvalue weighted by molar-refractivity contribution is 6.06. The van der Waals surface area contributed by atoms with E-state index in [2.05, 4.69) is 15.3 Å². The van der Waals surface area contributed by atoms with Gasteiger partial charge >= 0.3 is 0 Å². The van der Waals surface area contributed by atoms with Gasteiger partial charge in [0.2, 0.25) is 5.71 Å². The maximum Gasteiger partial charge on any atom is 0.262 e. The number of hydrogen-bond acceptors (Lipinski definition) is 5. The number of nitrogens with zero attached hydrogens (tertiary/aromatic N) is 2. The van der Waals surface area contributed by atoms with Crippen molar-refractivity contribution in [3.8, 4) is 0 Å². The second kappa shape index (κ2) is 5.00. The number of amides is 1. The Morgan fingerprint density at radius 3 is 2.71 bits per heavy atom. The van der Waals surface area contributed by atoms with Crippen molar-refractivity contribution in [2.24, 2.45) is 0 Å². The average molecular weight is 290 g/mol. The van der Waals surface area contributed by atoms with Gasteiger partial charge in [-0.3, -0.25) is 9.59 Å². The molecule has 2 atom stereocenters. The number of aromatic nitrogens is 2. The van der Waals surface area contributed by atoms with Crippen molar-refractivity contribution in [1.29, 1.82) is 0 Å². The van der Waals surface area contributed by atoms with Crippen molar-refractivity contribution in [3.05, 3.63) is 28.0 Å². The van der Waals surface area contributed by atoms with E-state index >= 15 is 0 Å². The predicted molar refractivity (Wildman–Crippen MR) is 77.3 cm³/mol. The lowest BCUT2D eigenvalue weighted by atomic mass is 10.1. The number of piperazine rings is 1. The number of aromatic amines is 1. The van der Waals surface area contributed by atoms with Crippen LogP contribution in [0.1, 0.15) is 30.0 Å². The zero-order valence-electron chi connectivity index (χ0n) is 12.3. The highest BCUT2D eigenvalue weighted by atomic mass is 16.3. The molecule has 0 spiro atoms. The molecule has 0 unspecified atom stereocenters. The first-order valence-electron chi connectivity index (χ1n) is 6.99. The summed E-state index contributed by atoms with van der Waals surface area (Å²) < 4.78 is 5.45. The summed E-state index contributed by atoms with van der Waals surface area (Å²) >= 11 is 0. The van der Waals surface area contributed by atoms with Crippen LogP contribution >= 0.6 is 0 Å². The summed E-state index contributed by atoms with van der Waals surface area (Å²) in [6.07, 6.45) is 1.27. The number of carbonyl (C=O) groups excluding carboxylic acids is 1. The number of rotatable bonds is 1. The molecule has 2 aromatic rings. The maximum atomic E-state index is 12.8. The average Bonchev–Trinajstić information content (AvgIpc) is 2.74. The molecule has 0 radical (unpaired) electrons. The third kappa shape index (κ3) is 2.33. The van der Waals surface area contributed by atoms with Crippen LogP contribution < -0.4 is 10.9 Å². The van der Waals surface area contributed by atoms with Gasteiger partial charge in [0.15, 0.2) is 0 Å². The third-order valence-electron chi connectivity index (χ3n) is 3.73. The first kappa shape index (κ1) is 13.8. The van der Waals surface area contributed by atoms with E-state index in [0.717, 1.165) is 0 Å². The SMILES string of the molecule is Cc1oc2nc[nH]c(=O)c2c1C(=O)N1C[C@@H](C)N[C@@H](C)C1. The van der Waals surface area contributed by atoms with Crippen LogP contribution in [0.5, 0.6) is 0 Å². The Labute approximate surface area is 121 Å². The van der Waals surface area contributed by atoms with E-state index < -0.39 is 0 Å². The van der Waals surface area contributed by atoms with Crippen LogP contribution in [0.25, 0.3) is 11.1 Å². The first-order valence-corrected chi connectivity index (χ1v) is 6.99. The number of nitrogens with one attached hydrogen (secondary N) is 2. The first-order chi connectivity index (χ1) is 9.97. The molecular formula is C14H18N4O3. The lowest BCUT2D eigenvalue weighted by Gasteiger charge is -2.36. The molecular weight excluding hydrogens is 272 g/mol. The second-order valence-corrected chi connectivity index (χ2v) is 5.62. The van der Waals surface area contributed by atoms with E-state index in [1.54, 1.807) is 11.8 Å². The monoisotopic (exact) mass is 290 g/mol. The van der Waals surface area contributed by atoms with Crippen LogP contribution in [0.3, 0.4) is 0 Å². The Kier molecular flexibility index (Phi) is 3.29. The van der Waals surface area contributed by atoms with Gasteiger partial charge in [0.05, 0.1) is 11.9 Å². The van der Waals surface area contributed by atoms with Crippen molar-refractivity contribution in [2.45, 2.75) is 32.9 Å². The lowest BCUT2D eigenvalue weighted by molar-refractivity contribution is 0.0673. The Morgan fingerprint density at radius 1 is 1.38 bits per heavy atom. The van der Waals surface area contributed by atoms with Crippen molar-refractivity contribution in [2.75, 3.05) is 13.1 Å². The number of furan rings is 1. The van der Waals surface area contributed by atoms with E-state index in [0.29, 0.717) is 24.4 Å². The fourth-order valence-electron chi connectivity index (χ4n) is 2.96. The molecule has 0 saturated carbocycles. The molecule has 21 heavy (non-hydrogen) atoms. The van der Waals surface area contributed by atoms with E-state index in [4.69, 9.17) is 4.42 Å². The summed E-state index contributed by atoms with van der Waals surface area (Å²) in [6.45, 7) is 6.96. The minimum absolute atomic E-state index is 0.176. The zero-order chi connectivity index (χ0) is 15.1. The fourth-order valence-corrected chi connectivity index (χ4v) is 2.96. The Morgan fingerprint density at radius 2 is 2.05 bits per heavy atom. The Hall–Kier alpha value is -2.15. The molecule has 1 aliphatic heterocycles. The van der Waals surface area contributed by atoms with Crippen LogP contribution in [0, 0.1) is 6.92 Å². The van der Waals surface area contributed by atoms with E-state index in [1.807, 2.05) is 13.8 Å². The van der Waals surface area contributed by atoms with Gasteiger partial charge in [-0.2, -0.15) is 0 Å². The molecule has 7 heteroatoms. The molecule has 1 saturated heterocycles. The van der Waals surface area contributed by atoms with Crippen molar-refractivity contribution in [3.63, 3.8) is 0 Å². The van der Waals surface area contributed by atoms with Crippen LogP contribution in [-0.4, -0.2) is 45.9 Å². The van der Waals surface area contributed by atoms with Gasteiger partial charge < -0.3 is 19.6 Å². The number of H-pyrrole nitrogens is 1. The van der Waals surface area contributed by atoms with Gasteiger partial charge in [0.1, 0.15) is 11.1 Å². The van der Waals surface area contributed by atoms with E-state index in [1.165, 1.54) is 6.33 Å². The van der Waals surface area contributed by atoms with E-state index in [-0.39, 0.29) is 34.6 Å². The van der Waals surface area contributed by atoms with Crippen LogP contribution in [-0.2, 0) is 0 Å². The maximum absolute atomic E-state index is 12.8. The summed E-state index contributed by atoms with van der Waals surface area (Å²) in [4.78, 5) is 33.0. The fraction of sp³-hybridized carbons (Fsp3) is 0.500. The topological polar surface area (TPSA) is 91.2 Å². The van der Waals surface area contributed by atoms with Gasteiger partial charge in [0.25, 0.3) is 11.5 Å². The number of carbonyl (C=O) groups is 1. The molecule has 0 bridgehead atoms. The predicted octanol–water partition coefficient (Wildman–Crippen LogP) is 0.647. The molecule has 3 rings (SSSR count). The summed E-state index contributed by atoms with van der Waals surface area (Å²) in [7, 11) is 0. The molecule has 112 valence electrons. The molecule has 7 nitrogen and oxygen atoms in total. The summed E-state index contributed by atoms with van der Waals surface area (Å²) in [5.74, 6) is 0.253. The molecule has 3 heterocycles. The minimum atomic E-state index is -0.351. The van der Waals surface area contributed by atoms with Crippen LogP contribution in [0.15, 0.2) is 15.5 Å². The number of hydrogen-bond donors (Lipinski definition) is 2. The Balaban J connectivity index is 2.06.